The predicted octanol–water partition coefficient (Wildman–Crippen LogP) is 14.2. The summed E-state index contributed by atoms with van der Waals surface area (Å²) in [6, 6.07) is 47.4. The van der Waals surface area contributed by atoms with Crippen molar-refractivity contribution in [3.05, 3.63) is 161 Å². The molecule has 2 unspecified atom stereocenters. The van der Waals surface area contributed by atoms with E-state index < -0.39 is 0 Å². The number of thioether (sulfide) groups is 1. The van der Waals surface area contributed by atoms with E-state index in [9.17, 15) is 0 Å². The summed E-state index contributed by atoms with van der Waals surface area (Å²) in [5, 5.41) is 0. The molecule has 0 saturated carbocycles. The lowest BCUT2D eigenvalue weighted by Gasteiger charge is -2.28. The number of hydrogen-bond donors (Lipinski definition) is 0. The second-order valence-corrected chi connectivity index (χ2v) is 15.8. The van der Waals surface area contributed by atoms with Crippen LogP contribution in [0, 0.1) is 0 Å². The first-order chi connectivity index (χ1) is 26.3. The summed E-state index contributed by atoms with van der Waals surface area (Å²) in [6.45, 7) is 15.4. The van der Waals surface area contributed by atoms with E-state index in [1.807, 2.05) is 11.8 Å². The summed E-state index contributed by atoms with van der Waals surface area (Å²) in [6.07, 6.45) is 10.2. The fourth-order valence-electron chi connectivity index (χ4n) is 7.62. The lowest BCUT2D eigenvalue weighted by molar-refractivity contribution is 0.566. The van der Waals surface area contributed by atoms with Crippen LogP contribution in [0.25, 0.3) is 0 Å². The van der Waals surface area contributed by atoms with Crippen molar-refractivity contribution >= 4 is 34.5 Å². The third-order valence-corrected chi connectivity index (χ3v) is 11.6. The van der Waals surface area contributed by atoms with E-state index in [0.717, 1.165) is 19.5 Å². The highest BCUT2D eigenvalue weighted by Gasteiger charge is 2.37. The number of anilines is 4. The molecule has 0 saturated heterocycles. The summed E-state index contributed by atoms with van der Waals surface area (Å²) >= 11 is 1.82. The minimum atomic E-state index is 0.331. The maximum atomic E-state index is 2.50. The molecule has 5 aromatic carbocycles. The van der Waals surface area contributed by atoms with E-state index in [4.69, 9.17) is 0 Å². The second-order valence-electron chi connectivity index (χ2n) is 14.9. The molecule has 1 heterocycles. The van der Waals surface area contributed by atoms with Crippen molar-refractivity contribution in [2.24, 2.45) is 0 Å². The summed E-state index contributed by atoms with van der Waals surface area (Å²) < 4.78 is 0. The molecule has 0 amide bonds. The number of rotatable bonds is 15. The van der Waals surface area contributed by atoms with Crippen molar-refractivity contribution < 1.29 is 0 Å². The molecule has 4 heteroatoms. The molecule has 54 heavy (non-hydrogen) atoms. The summed E-state index contributed by atoms with van der Waals surface area (Å²) in [5.74, 6) is 0.936. The van der Waals surface area contributed by atoms with Crippen LogP contribution in [-0.2, 0) is 6.42 Å². The van der Waals surface area contributed by atoms with Crippen LogP contribution in [0.2, 0.25) is 0 Å². The van der Waals surface area contributed by atoms with E-state index in [-0.39, 0.29) is 0 Å². The number of para-hydroxylation sites is 1. The van der Waals surface area contributed by atoms with Gasteiger partial charge < -0.3 is 14.7 Å². The highest BCUT2D eigenvalue weighted by atomic mass is 32.2. The number of fused-ring (bicyclic) bond motifs is 1. The minimum absolute atomic E-state index is 0.331. The molecule has 1 aliphatic heterocycles. The molecule has 6 rings (SSSR count). The highest BCUT2D eigenvalue weighted by Crippen LogP contribution is 2.50. The van der Waals surface area contributed by atoms with Gasteiger partial charge in [0, 0.05) is 59.4 Å². The zero-order chi connectivity index (χ0) is 38.5. The van der Waals surface area contributed by atoms with Crippen molar-refractivity contribution in [1.82, 2.24) is 0 Å². The highest BCUT2D eigenvalue weighted by molar-refractivity contribution is 7.98. The Bertz CT molecular complexity index is 1880. The first-order valence-corrected chi connectivity index (χ1v) is 21.4. The Hall–Kier alpha value is -4.41. The van der Waals surface area contributed by atoms with Gasteiger partial charge in [0.15, 0.2) is 0 Å². The molecule has 0 aromatic heterocycles. The van der Waals surface area contributed by atoms with Crippen LogP contribution in [-0.4, -0.2) is 26.4 Å². The van der Waals surface area contributed by atoms with Crippen LogP contribution >= 0.6 is 11.8 Å². The van der Waals surface area contributed by atoms with Crippen LogP contribution in [0.15, 0.2) is 144 Å². The molecule has 0 spiro atoms. The van der Waals surface area contributed by atoms with Gasteiger partial charge in [-0.05, 0) is 116 Å². The van der Waals surface area contributed by atoms with E-state index in [2.05, 4.69) is 203 Å². The molecule has 0 N–H and O–H groups in total. The molecule has 5 aromatic rings. The smallest absolute Gasteiger partial charge is 0.0611 e. The number of hydrogen-bond acceptors (Lipinski definition) is 4. The molecular formula is C50H63N3S. The molecular weight excluding hydrogens is 675 g/mol. The lowest BCUT2D eigenvalue weighted by atomic mass is 9.85. The average Bonchev–Trinajstić information content (AvgIpc) is 3.49. The maximum Gasteiger partial charge on any atom is 0.0611 e. The molecule has 2 atom stereocenters. The Morgan fingerprint density at radius 1 is 0.741 bits per heavy atom. The maximum absolute atomic E-state index is 2.50. The van der Waals surface area contributed by atoms with E-state index in [1.165, 1.54) is 81.3 Å². The molecule has 0 bridgehead atoms. The van der Waals surface area contributed by atoms with Gasteiger partial charge in [-0.15, -0.1) is 11.8 Å². The zero-order valence-corrected chi connectivity index (χ0v) is 34.9. The normalized spacial score (nSPS) is 15.1. The number of allylic oxidation sites excluding steroid dienone is 2. The van der Waals surface area contributed by atoms with Gasteiger partial charge in [0.25, 0.3) is 0 Å². The van der Waals surface area contributed by atoms with Crippen molar-refractivity contribution in [3.63, 3.8) is 0 Å². The number of benzene rings is 5. The summed E-state index contributed by atoms with van der Waals surface area (Å²) in [4.78, 5) is 8.70. The van der Waals surface area contributed by atoms with Crippen molar-refractivity contribution in [2.75, 3.05) is 41.1 Å². The average molecular weight is 738 g/mol. The molecule has 0 aliphatic carbocycles. The molecule has 1 aliphatic rings. The van der Waals surface area contributed by atoms with Gasteiger partial charge in [0.2, 0.25) is 0 Å². The first kappa shape index (κ1) is 40.8. The van der Waals surface area contributed by atoms with Crippen LogP contribution in [0.4, 0.5) is 22.7 Å². The van der Waals surface area contributed by atoms with Crippen molar-refractivity contribution in [2.45, 2.75) is 96.4 Å². The third-order valence-electron chi connectivity index (χ3n) is 10.9. The van der Waals surface area contributed by atoms with Crippen LogP contribution in [0.1, 0.15) is 107 Å². The van der Waals surface area contributed by atoms with Crippen molar-refractivity contribution in [3.8, 4) is 0 Å². The van der Waals surface area contributed by atoms with Gasteiger partial charge in [0.1, 0.15) is 0 Å². The number of unbranched alkanes of at least 4 members (excludes halogenated alkanes) is 2. The van der Waals surface area contributed by atoms with Crippen molar-refractivity contribution in [1.29, 1.82) is 0 Å². The molecule has 3 nitrogen and oxygen atoms in total. The summed E-state index contributed by atoms with van der Waals surface area (Å²) in [7, 11) is 2.26. The third kappa shape index (κ3) is 10.2. The molecule has 0 radical (unpaired) electrons. The topological polar surface area (TPSA) is 9.72 Å². The first-order valence-electron chi connectivity index (χ1n) is 20.2. The van der Waals surface area contributed by atoms with E-state index in [1.54, 1.807) is 0 Å². The standard InChI is InChI=1S/C36H42N2S.C14H21N/c1-6-7-22-38(31-15-11-14-29(24-31)26(2)3)30-18-16-27(17-19-30)23-34-33-21-20-32(39-5)25-35(33)37(4)36(34)28-12-9-8-10-13-28;1-4-6-12-15(13(3)5-2)14-10-8-7-9-11-14/h8-21,24-26,34,36H,6-7,22-23H2,1-5H3;5,7-11H,4,6,12H2,1-3H3/b;13-5+. The van der Waals surface area contributed by atoms with E-state index >= 15 is 0 Å². The molecule has 0 fully saturated rings. The van der Waals surface area contributed by atoms with Gasteiger partial charge in [-0.1, -0.05) is 125 Å². The van der Waals surface area contributed by atoms with Crippen LogP contribution in [0.3, 0.4) is 0 Å². The van der Waals surface area contributed by atoms with Gasteiger partial charge in [-0.3, -0.25) is 0 Å². The fourth-order valence-corrected chi connectivity index (χ4v) is 8.05. The van der Waals surface area contributed by atoms with Gasteiger partial charge in [-0.25, -0.2) is 0 Å². The quantitative estimate of drug-likeness (QED) is 0.0989. The largest absolute Gasteiger partial charge is 0.367 e. The lowest BCUT2D eigenvalue weighted by Crippen LogP contribution is -2.23. The zero-order valence-electron chi connectivity index (χ0n) is 34.1. The Labute approximate surface area is 332 Å². The van der Waals surface area contributed by atoms with Gasteiger partial charge in [-0.2, -0.15) is 0 Å². The van der Waals surface area contributed by atoms with Gasteiger partial charge >= 0.3 is 0 Å². The van der Waals surface area contributed by atoms with Crippen LogP contribution < -0.4 is 14.7 Å². The monoisotopic (exact) mass is 737 g/mol. The Morgan fingerprint density at radius 3 is 2.02 bits per heavy atom. The Kier molecular flexibility index (Phi) is 15.3. The summed E-state index contributed by atoms with van der Waals surface area (Å²) in [5.41, 5.74) is 12.2. The number of nitrogens with zero attached hydrogens (tertiary/aromatic N) is 3. The van der Waals surface area contributed by atoms with E-state index in [0.29, 0.717) is 17.9 Å². The minimum Gasteiger partial charge on any atom is -0.367 e. The Morgan fingerprint density at radius 2 is 1.39 bits per heavy atom. The fraction of sp³-hybridized carbons (Fsp3) is 0.360. The second kappa shape index (κ2) is 20.3. The predicted molar refractivity (Wildman–Crippen MR) is 239 cm³/mol. The van der Waals surface area contributed by atoms with Crippen LogP contribution in [0.5, 0.6) is 0 Å². The number of likely N-dealkylation sites (N-methyl/N-ethyl adjacent to an activating group) is 1. The molecule has 284 valence electrons. The Balaban J connectivity index is 0.000000314. The van der Waals surface area contributed by atoms with Gasteiger partial charge in [0.05, 0.1) is 6.04 Å². The SMILES string of the molecule is C/C=C(\C)N(CCCC)c1ccccc1.CCCCN(c1ccc(CC2c3ccc(SC)cc3N(C)C2c2ccccc2)cc1)c1cccc(C(C)C)c1.